The van der Waals surface area contributed by atoms with Crippen LogP contribution in [0.1, 0.15) is 13.8 Å². The maximum Gasteiger partial charge on any atom is 0.385 e. The molecule has 0 heterocycles. The lowest BCUT2D eigenvalue weighted by Crippen LogP contribution is -2.76. The smallest absolute Gasteiger partial charge is 0.368 e. The van der Waals surface area contributed by atoms with Crippen molar-refractivity contribution < 1.29 is 163 Å². The zero-order chi connectivity index (χ0) is 49.1. The van der Waals surface area contributed by atoms with Crippen LogP contribution in [0, 0.1) is 0 Å². The van der Waals surface area contributed by atoms with Crippen molar-refractivity contribution >= 4 is 0 Å². The Morgan fingerprint density at radius 2 is 0.322 bits per heavy atom. The van der Waals surface area contributed by atoms with Crippen molar-refractivity contribution in [3.63, 3.8) is 0 Å². The molecule has 0 saturated carbocycles. The molecule has 0 atom stereocenters. The van der Waals surface area contributed by atoms with Crippen LogP contribution in [-0.2, 0) is 4.74 Å². The molecule has 0 saturated heterocycles. The molecule has 0 aliphatic carbocycles. The summed E-state index contributed by atoms with van der Waals surface area (Å²) >= 11 is 0. The Kier molecular flexibility index (Phi) is 13.4. The fourth-order valence-electron chi connectivity index (χ4n) is 3.47. The first kappa shape index (κ1) is 56.4. The Bertz CT molecular complexity index is 1380. The molecule has 59 heavy (non-hydrogen) atoms. The van der Waals surface area contributed by atoms with Crippen molar-refractivity contribution in [3.05, 3.63) is 0 Å². The Morgan fingerprint density at radius 1 is 0.203 bits per heavy atom. The van der Waals surface area contributed by atoms with Gasteiger partial charge in [-0.3, -0.25) is 0 Å². The lowest BCUT2D eigenvalue weighted by atomic mass is 9.86. The Morgan fingerprint density at radius 3 is 0.458 bits per heavy atom. The summed E-state index contributed by atoms with van der Waals surface area (Å²) < 4.78 is 490. The summed E-state index contributed by atoms with van der Waals surface area (Å²) in [5, 5.41) is 0. The third-order valence-corrected chi connectivity index (χ3v) is 7.32. The van der Waals surface area contributed by atoms with Gasteiger partial charge in [-0.15, -0.1) is 0 Å². The summed E-state index contributed by atoms with van der Waals surface area (Å²) in [5.74, 6) is -156. The first-order valence-corrected chi connectivity index (χ1v) is 13.1. The van der Waals surface area contributed by atoms with E-state index in [2.05, 4.69) is 4.74 Å². The molecule has 356 valence electrons. The molecule has 0 unspecified atom stereocenters. The third-order valence-electron chi connectivity index (χ3n) is 7.32. The average molecular weight is 974 g/mol. The van der Waals surface area contributed by atoms with Crippen molar-refractivity contribution in [1.82, 2.24) is 0 Å². The van der Waals surface area contributed by atoms with E-state index in [0.29, 0.717) is 0 Å². The highest BCUT2D eigenvalue weighted by Crippen LogP contribution is 2.67. The van der Waals surface area contributed by atoms with Crippen LogP contribution < -0.4 is 0 Å². The topological polar surface area (TPSA) is 9.23 Å². The molecule has 1 nitrogen and oxygen atoms in total. The summed E-state index contributed by atoms with van der Waals surface area (Å²) in [7, 11) is 0. The van der Waals surface area contributed by atoms with E-state index in [1.54, 1.807) is 0 Å². The van der Waals surface area contributed by atoms with Gasteiger partial charge in [0, 0.05) is 13.8 Å². The summed E-state index contributed by atoms with van der Waals surface area (Å²) in [5.41, 5.74) is 0. The van der Waals surface area contributed by atoms with Gasteiger partial charge in [0.15, 0.2) is 0 Å². The summed E-state index contributed by atoms with van der Waals surface area (Å²) in [4.78, 5) is 0. The third kappa shape index (κ3) is 7.09. The molecule has 0 radical (unpaired) electrons. The van der Waals surface area contributed by atoms with Gasteiger partial charge in [-0.25, -0.2) is 0 Å². The van der Waals surface area contributed by atoms with Crippen LogP contribution in [0.15, 0.2) is 0 Å². The fourth-order valence-corrected chi connectivity index (χ4v) is 3.47. The van der Waals surface area contributed by atoms with Gasteiger partial charge in [-0.05, 0) is 0 Å². The maximum atomic E-state index is 13.8. The first-order valence-electron chi connectivity index (χ1n) is 13.1. The minimum atomic E-state index is -9.45. The molecule has 0 aliphatic rings. The zero-order valence-corrected chi connectivity index (χ0v) is 26.4. The predicted molar refractivity (Wildman–Crippen MR) is 111 cm³/mol. The zero-order valence-electron chi connectivity index (χ0n) is 26.4. The monoisotopic (exact) mass is 974 g/mol. The lowest BCUT2D eigenvalue weighted by molar-refractivity contribution is -0.464. The number of halogens is 36. The molecule has 0 rings (SSSR count). The minimum Gasteiger partial charge on any atom is -0.368 e. The second-order valence-corrected chi connectivity index (χ2v) is 11.7. The van der Waals surface area contributed by atoms with E-state index in [4.69, 9.17) is 0 Å². The molecular weight excluding hydrogens is 964 g/mol. The van der Waals surface area contributed by atoms with Gasteiger partial charge >= 0.3 is 107 Å². The Labute approximate surface area is 297 Å². The number of hydrogen-bond acceptors (Lipinski definition) is 1. The molecule has 0 aromatic carbocycles. The van der Waals surface area contributed by atoms with E-state index >= 15 is 0 Å². The minimum absolute atomic E-state index is 1.58. The van der Waals surface area contributed by atoms with Crippen molar-refractivity contribution in [2.75, 3.05) is 13.2 Å². The molecule has 0 aliphatic heterocycles. The van der Waals surface area contributed by atoms with Gasteiger partial charge in [0.05, 0.1) is 0 Å². The van der Waals surface area contributed by atoms with E-state index in [-0.39, 0.29) is 0 Å². The van der Waals surface area contributed by atoms with Crippen molar-refractivity contribution in [3.8, 4) is 0 Å². The van der Waals surface area contributed by atoms with Gasteiger partial charge in [0.25, 0.3) is 0 Å². The Hall–Kier alpha value is -2.56. The van der Waals surface area contributed by atoms with Crippen molar-refractivity contribution in [2.45, 2.75) is 120 Å². The highest BCUT2D eigenvalue weighted by molar-refractivity contribution is 5.19. The quantitative estimate of drug-likeness (QED) is 0.111. The van der Waals surface area contributed by atoms with E-state index in [9.17, 15) is 158 Å². The van der Waals surface area contributed by atoms with Gasteiger partial charge in [-0.2, -0.15) is 158 Å². The number of rotatable bonds is 20. The molecule has 0 bridgehead atoms. The van der Waals surface area contributed by atoms with E-state index in [1.807, 2.05) is 0 Å². The van der Waals surface area contributed by atoms with Crippen LogP contribution in [0.25, 0.3) is 0 Å². The predicted octanol–water partition coefficient (Wildman–Crippen LogP) is 12.5. The van der Waals surface area contributed by atoms with Crippen molar-refractivity contribution in [1.29, 1.82) is 0 Å². The molecule has 0 aromatic heterocycles. The van der Waals surface area contributed by atoms with Crippen LogP contribution in [0.5, 0.6) is 0 Å². The number of alkyl halides is 36. The number of hydrogen-bond donors (Lipinski definition) is 0. The van der Waals surface area contributed by atoms with Gasteiger partial charge in [-0.1, -0.05) is 0 Å². The maximum absolute atomic E-state index is 13.8. The second-order valence-electron chi connectivity index (χ2n) is 11.7. The van der Waals surface area contributed by atoms with Crippen LogP contribution in [0.3, 0.4) is 0 Å². The van der Waals surface area contributed by atoms with Gasteiger partial charge < -0.3 is 4.74 Å². The van der Waals surface area contributed by atoms with E-state index in [0.717, 1.165) is 0 Å². The SMILES string of the molecule is CC(F)(F)C(F)(F)C(F)(F)C(F)(F)C(F)(F)C(F)(F)C(F)(F)C(F)(F)C(F)(F)COCC(F)(F)C(F)(F)C(F)(F)C(F)(F)C(F)(F)C(F)(F)C(F)(F)C(F)(F)C(C)(F)F. The van der Waals surface area contributed by atoms with E-state index < -0.39 is 134 Å². The summed E-state index contributed by atoms with van der Waals surface area (Å²) in [6.45, 7) is -12.6. The first-order chi connectivity index (χ1) is 24.7. The molecular formula is C22H10F36O. The van der Waals surface area contributed by atoms with Crippen LogP contribution in [0.2, 0.25) is 0 Å². The standard InChI is InChI=1S/C22H10F36O/c1-5(23,24)9(31,32)13(39,40)17(47,48)21(55,56)19(51,52)15(43,44)11(35,36)7(27,28)3-59-4-8(29,30)12(37,38)16(45,46)20(53,54)22(57,58)18(49,50)14(41,42)10(33,34)6(2,25)26/h3-4H2,1-2H3. The lowest BCUT2D eigenvalue weighted by Gasteiger charge is -2.44. The second kappa shape index (κ2) is 14.0. The summed E-state index contributed by atoms with van der Waals surface area (Å²) in [6, 6.07) is 0. The molecule has 0 amide bonds. The number of ether oxygens (including phenoxy) is 1. The van der Waals surface area contributed by atoms with Gasteiger partial charge in [0.1, 0.15) is 13.2 Å². The Balaban J connectivity index is 6.98. The van der Waals surface area contributed by atoms with Crippen LogP contribution in [0.4, 0.5) is 158 Å². The molecule has 0 N–H and O–H groups in total. The van der Waals surface area contributed by atoms with Crippen LogP contribution >= 0.6 is 0 Å². The average Bonchev–Trinajstić information content (AvgIpc) is 2.98. The normalized spacial score (nSPS) is 17.2. The molecule has 0 fully saturated rings. The molecule has 0 aromatic rings. The summed E-state index contributed by atoms with van der Waals surface area (Å²) in [6.07, 6.45) is 0. The highest BCUT2D eigenvalue weighted by Gasteiger charge is 2.98. The fraction of sp³-hybridized carbons (Fsp3) is 1.00. The largest absolute Gasteiger partial charge is 0.385 e. The van der Waals surface area contributed by atoms with Crippen LogP contribution in [-0.4, -0.2) is 120 Å². The molecule has 0 spiro atoms. The highest BCUT2D eigenvalue weighted by atomic mass is 19.4. The van der Waals surface area contributed by atoms with Crippen molar-refractivity contribution in [2.24, 2.45) is 0 Å². The molecule has 37 heteroatoms. The van der Waals surface area contributed by atoms with Gasteiger partial charge in [0.2, 0.25) is 0 Å². The van der Waals surface area contributed by atoms with E-state index in [1.165, 1.54) is 0 Å².